The highest BCUT2D eigenvalue weighted by molar-refractivity contribution is 5.94. The number of para-hydroxylation sites is 1. The van der Waals surface area contributed by atoms with Crippen LogP contribution in [0.1, 0.15) is 31.4 Å². The predicted molar refractivity (Wildman–Crippen MR) is 175 cm³/mol. The van der Waals surface area contributed by atoms with Gasteiger partial charge >= 0.3 is 6.09 Å². The first-order valence-electron chi connectivity index (χ1n) is 15.3. The van der Waals surface area contributed by atoms with E-state index in [0.717, 1.165) is 30.0 Å². The Kier molecular flexibility index (Phi) is 11.4. The Morgan fingerprint density at radius 1 is 0.778 bits per heavy atom. The molecule has 5 rings (SSSR count). The Hall–Kier alpha value is -4.93. The predicted octanol–water partition coefficient (Wildman–Crippen LogP) is 6.11. The summed E-state index contributed by atoms with van der Waals surface area (Å²) in [5.74, 6) is 0.599. The number of amides is 3. The van der Waals surface area contributed by atoms with Crippen molar-refractivity contribution in [2.75, 3.05) is 42.1 Å². The zero-order valence-electron chi connectivity index (χ0n) is 25.2. The Morgan fingerprint density at radius 2 is 1.49 bits per heavy atom. The molecule has 1 aromatic heterocycles. The van der Waals surface area contributed by atoms with E-state index in [0.29, 0.717) is 62.4 Å². The normalized spacial score (nSPS) is 13.6. The minimum absolute atomic E-state index is 0.101. The molecule has 4 aromatic rings. The zero-order chi connectivity index (χ0) is 31.3. The van der Waals surface area contributed by atoms with Gasteiger partial charge in [-0.15, -0.1) is 0 Å². The molecule has 10 nitrogen and oxygen atoms in total. The third-order valence-corrected chi connectivity index (χ3v) is 7.55. The number of ether oxygens (including phenoxy) is 1. The molecule has 0 atom stereocenters. The van der Waals surface area contributed by atoms with Gasteiger partial charge in [0.05, 0.1) is 18.5 Å². The third-order valence-electron chi connectivity index (χ3n) is 7.55. The van der Waals surface area contributed by atoms with E-state index < -0.39 is 6.09 Å². The van der Waals surface area contributed by atoms with Gasteiger partial charge in [-0.3, -0.25) is 14.9 Å². The van der Waals surface area contributed by atoms with Gasteiger partial charge in [0, 0.05) is 56.0 Å². The smallest absolute Gasteiger partial charge is 0.411 e. The van der Waals surface area contributed by atoms with Crippen molar-refractivity contribution in [3.63, 3.8) is 0 Å². The topological polar surface area (TPSA) is 125 Å². The largest absolute Gasteiger partial charge is 0.468 e. The van der Waals surface area contributed by atoms with Crippen molar-refractivity contribution in [3.8, 4) is 11.1 Å². The molecule has 1 saturated heterocycles. The minimum Gasteiger partial charge on any atom is -0.468 e. The molecule has 3 amide bonds. The number of carbonyl (C=O) groups excluding carboxylic acids is 3. The fourth-order valence-corrected chi connectivity index (χ4v) is 5.21. The van der Waals surface area contributed by atoms with E-state index in [1.54, 1.807) is 30.5 Å². The molecule has 0 aliphatic carbocycles. The molecule has 0 unspecified atom stereocenters. The number of furan rings is 1. The Bertz CT molecular complexity index is 1540. The molecule has 2 heterocycles. The van der Waals surface area contributed by atoms with Crippen molar-refractivity contribution >= 4 is 35.0 Å². The van der Waals surface area contributed by atoms with Gasteiger partial charge in [-0.05, 0) is 54.8 Å². The SMILES string of the molecule is O=C(CCNCc1ccco1)Nc1cccc(NC(=O)CCN2CCC(OC(=O)Nc3ccccc3-c3ccccc3)CC2)c1. The molecule has 0 saturated carbocycles. The number of benzene rings is 3. The zero-order valence-corrected chi connectivity index (χ0v) is 25.2. The van der Waals surface area contributed by atoms with Crippen molar-refractivity contribution in [2.45, 2.75) is 38.3 Å². The van der Waals surface area contributed by atoms with Crippen LogP contribution in [0.2, 0.25) is 0 Å². The molecule has 0 radical (unpaired) electrons. The van der Waals surface area contributed by atoms with E-state index >= 15 is 0 Å². The Labute approximate surface area is 263 Å². The quantitative estimate of drug-likeness (QED) is 0.135. The van der Waals surface area contributed by atoms with E-state index in [1.807, 2.05) is 66.7 Å². The van der Waals surface area contributed by atoms with Gasteiger partial charge in [0.1, 0.15) is 11.9 Å². The average molecular weight is 610 g/mol. The van der Waals surface area contributed by atoms with E-state index in [2.05, 4.69) is 26.2 Å². The molecule has 1 fully saturated rings. The fraction of sp³-hybridized carbons (Fsp3) is 0.286. The van der Waals surface area contributed by atoms with Crippen LogP contribution in [0.15, 0.2) is 102 Å². The van der Waals surface area contributed by atoms with Gasteiger partial charge in [-0.1, -0.05) is 54.6 Å². The average Bonchev–Trinajstić information content (AvgIpc) is 3.57. The van der Waals surface area contributed by atoms with E-state index in [1.165, 1.54) is 0 Å². The molecule has 0 spiro atoms. The summed E-state index contributed by atoms with van der Waals surface area (Å²) in [6.45, 7) is 3.17. The number of carbonyl (C=O) groups is 3. The molecule has 234 valence electrons. The monoisotopic (exact) mass is 609 g/mol. The molecule has 3 aromatic carbocycles. The molecule has 4 N–H and O–H groups in total. The van der Waals surface area contributed by atoms with Crippen molar-refractivity contribution in [1.29, 1.82) is 0 Å². The van der Waals surface area contributed by atoms with Crippen molar-refractivity contribution in [2.24, 2.45) is 0 Å². The van der Waals surface area contributed by atoms with E-state index in [-0.39, 0.29) is 17.9 Å². The fourth-order valence-electron chi connectivity index (χ4n) is 5.21. The van der Waals surface area contributed by atoms with Crippen LogP contribution in [0, 0.1) is 0 Å². The van der Waals surface area contributed by atoms with Crippen molar-refractivity contribution in [1.82, 2.24) is 10.2 Å². The molecule has 1 aliphatic heterocycles. The molecular weight excluding hydrogens is 570 g/mol. The second-order valence-electron chi connectivity index (χ2n) is 10.9. The van der Waals surface area contributed by atoms with Crippen LogP contribution < -0.4 is 21.3 Å². The maximum absolute atomic E-state index is 12.7. The maximum Gasteiger partial charge on any atom is 0.411 e. The number of hydrogen-bond donors (Lipinski definition) is 4. The van der Waals surface area contributed by atoms with Crippen molar-refractivity contribution in [3.05, 3.63) is 103 Å². The van der Waals surface area contributed by atoms with Gasteiger partial charge in [-0.25, -0.2) is 4.79 Å². The van der Waals surface area contributed by atoms with Crippen LogP contribution in [0.25, 0.3) is 11.1 Å². The molecule has 1 aliphatic rings. The maximum atomic E-state index is 12.7. The summed E-state index contributed by atoms with van der Waals surface area (Å²) in [6, 6.07) is 28.4. The first-order valence-corrected chi connectivity index (χ1v) is 15.3. The highest BCUT2D eigenvalue weighted by Crippen LogP contribution is 2.28. The molecular formula is C35H39N5O5. The molecule has 0 bridgehead atoms. The Balaban J connectivity index is 0.981. The van der Waals surface area contributed by atoms with Crippen LogP contribution in [0.4, 0.5) is 21.9 Å². The lowest BCUT2D eigenvalue weighted by atomic mass is 10.0. The summed E-state index contributed by atoms with van der Waals surface area (Å²) in [4.78, 5) is 39.9. The first-order chi connectivity index (χ1) is 22.0. The van der Waals surface area contributed by atoms with E-state index in [9.17, 15) is 14.4 Å². The minimum atomic E-state index is -0.462. The van der Waals surface area contributed by atoms with Gasteiger partial charge < -0.3 is 30.0 Å². The molecule has 45 heavy (non-hydrogen) atoms. The van der Waals surface area contributed by atoms with Gasteiger partial charge in [0.25, 0.3) is 0 Å². The summed E-state index contributed by atoms with van der Waals surface area (Å²) in [5, 5.41) is 11.9. The van der Waals surface area contributed by atoms with Crippen LogP contribution >= 0.6 is 0 Å². The van der Waals surface area contributed by atoms with Crippen LogP contribution in [0.3, 0.4) is 0 Å². The number of likely N-dealkylation sites (tertiary alicyclic amines) is 1. The summed E-state index contributed by atoms with van der Waals surface area (Å²) >= 11 is 0. The third kappa shape index (κ3) is 10.1. The van der Waals surface area contributed by atoms with Gasteiger partial charge in [-0.2, -0.15) is 0 Å². The lowest BCUT2D eigenvalue weighted by Crippen LogP contribution is -2.39. The highest BCUT2D eigenvalue weighted by Gasteiger charge is 2.23. The lowest BCUT2D eigenvalue weighted by molar-refractivity contribution is -0.117. The van der Waals surface area contributed by atoms with Crippen LogP contribution in [-0.2, 0) is 20.9 Å². The number of hydrogen-bond acceptors (Lipinski definition) is 7. The highest BCUT2D eigenvalue weighted by atomic mass is 16.6. The summed E-state index contributed by atoms with van der Waals surface area (Å²) in [7, 11) is 0. The summed E-state index contributed by atoms with van der Waals surface area (Å²) < 4.78 is 11.0. The van der Waals surface area contributed by atoms with Crippen molar-refractivity contribution < 1.29 is 23.5 Å². The number of nitrogens with one attached hydrogen (secondary N) is 4. The van der Waals surface area contributed by atoms with Gasteiger partial charge in [0.2, 0.25) is 11.8 Å². The molecule has 10 heteroatoms. The second kappa shape index (κ2) is 16.2. The first kappa shape index (κ1) is 31.5. The summed E-state index contributed by atoms with van der Waals surface area (Å²) in [6.07, 6.45) is 3.03. The Morgan fingerprint density at radius 3 is 2.22 bits per heavy atom. The standard InChI is InChI=1S/C35H39N5O5/c41-33(15-19-36-25-30-12-7-23-44-30)37-27-10-6-11-28(24-27)38-34(42)18-22-40-20-16-29(17-21-40)45-35(43)39-32-14-5-4-13-31(32)26-8-2-1-3-9-26/h1-14,23-24,29,36H,15-22,25H2,(H,37,41)(H,38,42)(H,39,43). The number of anilines is 3. The second-order valence-corrected chi connectivity index (χ2v) is 10.9. The number of nitrogens with zero attached hydrogens (tertiary/aromatic N) is 1. The van der Waals surface area contributed by atoms with Crippen LogP contribution in [-0.4, -0.2) is 55.1 Å². The number of piperidine rings is 1. The summed E-state index contributed by atoms with van der Waals surface area (Å²) in [5.41, 5.74) is 3.91. The van der Waals surface area contributed by atoms with Crippen LogP contribution in [0.5, 0.6) is 0 Å². The number of rotatable bonds is 13. The van der Waals surface area contributed by atoms with Gasteiger partial charge in [0.15, 0.2) is 0 Å². The lowest BCUT2D eigenvalue weighted by Gasteiger charge is -2.31. The van der Waals surface area contributed by atoms with E-state index in [4.69, 9.17) is 9.15 Å².